The molecule has 0 spiro atoms. The molecule has 0 saturated heterocycles. The first-order valence-corrected chi connectivity index (χ1v) is 6.98. The lowest BCUT2D eigenvalue weighted by Gasteiger charge is -2.21. The minimum Gasteiger partial charge on any atom is -0.296 e. The second-order valence-electron chi connectivity index (χ2n) is 4.50. The standard InChI is InChI=1S/C14H11Cl2N5/c1-9-4-11(15)6-18-14(9)21-7-19-13(20-8-21)10-2-3-17-12(16)5-10/h2-7H,8H2,1H3. The summed E-state index contributed by atoms with van der Waals surface area (Å²) in [5.74, 6) is 1.42. The minimum atomic E-state index is 0.419. The summed E-state index contributed by atoms with van der Waals surface area (Å²) >= 11 is 11.8. The zero-order chi connectivity index (χ0) is 14.8. The molecule has 7 heteroatoms. The van der Waals surface area contributed by atoms with Gasteiger partial charge in [-0.2, -0.15) is 0 Å². The highest BCUT2D eigenvalue weighted by Gasteiger charge is 2.14. The van der Waals surface area contributed by atoms with Gasteiger partial charge in [-0.15, -0.1) is 0 Å². The predicted molar refractivity (Wildman–Crippen MR) is 85.6 cm³/mol. The smallest absolute Gasteiger partial charge is 0.158 e. The minimum absolute atomic E-state index is 0.419. The van der Waals surface area contributed by atoms with Gasteiger partial charge < -0.3 is 0 Å². The van der Waals surface area contributed by atoms with Gasteiger partial charge in [0.25, 0.3) is 0 Å². The molecule has 3 rings (SSSR count). The van der Waals surface area contributed by atoms with E-state index in [1.165, 1.54) is 0 Å². The van der Waals surface area contributed by atoms with E-state index < -0.39 is 0 Å². The summed E-state index contributed by atoms with van der Waals surface area (Å²) in [4.78, 5) is 18.9. The molecule has 0 radical (unpaired) electrons. The van der Waals surface area contributed by atoms with E-state index in [2.05, 4.69) is 20.0 Å². The van der Waals surface area contributed by atoms with Gasteiger partial charge in [-0.3, -0.25) is 4.90 Å². The molecule has 0 N–H and O–H groups in total. The number of nitrogens with zero attached hydrogens (tertiary/aromatic N) is 5. The van der Waals surface area contributed by atoms with Crippen molar-refractivity contribution in [2.75, 3.05) is 11.6 Å². The lowest BCUT2D eigenvalue weighted by atomic mass is 10.2. The van der Waals surface area contributed by atoms with Gasteiger partial charge in [-0.1, -0.05) is 23.2 Å². The largest absolute Gasteiger partial charge is 0.296 e. The maximum atomic E-state index is 5.91. The fourth-order valence-electron chi connectivity index (χ4n) is 2.01. The van der Waals surface area contributed by atoms with Gasteiger partial charge in [0, 0.05) is 18.0 Å². The Balaban J connectivity index is 1.83. The first-order chi connectivity index (χ1) is 10.1. The Morgan fingerprint density at radius 1 is 1.19 bits per heavy atom. The maximum absolute atomic E-state index is 5.91. The number of pyridine rings is 2. The van der Waals surface area contributed by atoms with Crippen molar-refractivity contribution < 1.29 is 0 Å². The highest BCUT2D eigenvalue weighted by Crippen LogP contribution is 2.21. The van der Waals surface area contributed by atoms with E-state index in [-0.39, 0.29) is 0 Å². The fourth-order valence-corrected chi connectivity index (χ4v) is 2.39. The van der Waals surface area contributed by atoms with Crippen LogP contribution in [0.5, 0.6) is 0 Å². The summed E-state index contributed by atoms with van der Waals surface area (Å²) in [6.45, 7) is 2.39. The number of aromatic nitrogens is 2. The van der Waals surface area contributed by atoms with E-state index in [1.807, 2.05) is 24.0 Å². The van der Waals surface area contributed by atoms with Crippen LogP contribution in [0.25, 0.3) is 0 Å². The normalized spacial score (nSPS) is 14.2. The van der Waals surface area contributed by atoms with Crippen molar-refractivity contribution in [2.24, 2.45) is 9.98 Å². The van der Waals surface area contributed by atoms with Crippen LogP contribution in [0.3, 0.4) is 0 Å². The summed E-state index contributed by atoms with van der Waals surface area (Å²) in [6, 6.07) is 5.42. The van der Waals surface area contributed by atoms with Gasteiger partial charge in [0.05, 0.1) is 5.02 Å². The summed E-state index contributed by atoms with van der Waals surface area (Å²) in [7, 11) is 0. The molecule has 0 atom stereocenters. The third-order valence-electron chi connectivity index (χ3n) is 2.97. The van der Waals surface area contributed by atoms with Crippen molar-refractivity contribution >= 4 is 41.2 Å². The first-order valence-electron chi connectivity index (χ1n) is 6.23. The number of anilines is 1. The molecule has 0 saturated carbocycles. The molecule has 0 unspecified atom stereocenters. The third kappa shape index (κ3) is 3.04. The molecular weight excluding hydrogens is 309 g/mol. The Morgan fingerprint density at radius 3 is 2.71 bits per heavy atom. The zero-order valence-electron chi connectivity index (χ0n) is 11.2. The summed E-state index contributed by atoms with van der Waals surface area (Å²) in [5, 5.41) is 1.03. The van der Waals surface area contributed by atoms with Gasteiger partial charge in [-0.05, 0) is 30.7 Å². The van der Waals surface area contributed by atoms with E-state index in [0.717, 1.165) is 16.9 Å². The van der Waals surface area contributed by atoms with Gasteiger partial charge in [0.1, 0.15) is 24.0 Å². The number of aryl methyl sites for hydroxylation is 1. The Morgan fingerprint density at radius 2 is 2.05 bits per heavy atom. The molecule has 0 aromatic carbocycles. The number of halogens is 2. The average molecular weight is 320 g/mol. The Kier molecular flexibility index (Phi) is 3.86. The maximum Gasteiger partial charge on any atom is 0.158 e. The molecule has 2 aromatic heterocycles. The number of hydrogen-bond donors (Lipinski definition) is 0. The molecule has 2 aromatic rings. The summed E-state index contributed by atoms with van der Waals surface area (Å²) in [5.41, 5.74) is 1.81. The summed E-state index contributed by atoms with van der Waals surface area (Å²) in [6.07, 6.45) is 4.95. The van der Waals surface area contributed by atoms with Crippen LogP contribution in [-0.4, -0.2) is 28.8 Å². The molecule has 1 aliphatic rings. The highest BCUT2D eigenvalue weighted by atomic mass is 35.5. The Bertz CT molecular complexity index is 742. The topological polar surface area (TPSA) is 53.7 Å². The molecule has 3 heterocycles. The first kappa shape index (κ1) is 14.0. The zero-order valence-corrected chi connectivity index (χ0v) is 12.7. The Labute approximate surface area is 132 Å². The van der Waals surface area contributed by atoms with Crippen LogP contribution in [0.2, 0.25) is 10.2 Å². The molecule has 0 amide bonds. The summed E-state index contributed by atoms with van der Waals surface area (Å²) < 4.78 is 0. The van der Waals surface area contributed by atoms with E-state index in [4.69, 9.17) is 23.2 Å². The SMILES string of the molecule is Cc1cc(Cl)cnc1N1C=NC(c2ccnc(Cl)c2)=NC1. The monoisotopic (exact) mass is 319 g/mol. The molecule has 1 aliphatic heterocycles. The van der Waals surface area contributed by atoms with Crippen molar-refractivity contribution in [3.8, 4) is 0 Å². The lowest BCUT2D eigenvalue weighted by Crippen LogP contribution is -2.28. The van der Waals surface area contributed by atoms with Crippen molar-refractivity contribution in [1.29, 1.82) is 0 Å². The number of rotatable bonds is 2. The third-order valence-corrected chi connectivity index (χ3v) is 3.38. The second kappa shape index (κ2) is 5.79. The van der Waals surface area contributed by atoms with Crippen LogP contribution in [0.4, 0.5) is 5.82 Å². The van der Waals surface area contributed by atoms with E-state index >= 15 is 0 Å². The number of aliphatic imine (C=N–C) groups is 2. The molecule has 106 valence electrons. The molecule has 21 heavy (non-hydrogen) atoms. The van der Waals surface area contributed by atoms with E-state index in [0.29, 0.717) is 22.7 Å². The van der Waals surface area contributed by atoms with E-state index in [9.17, 15) is 0 Å². The van der Waals surface area contributed by atoms with Crippen molar-refractivity contribution in [1.82, 2.24) is 9.97 Å². The van der Waals surface area contributed by atoms with Gasteiger partial charge in [-0.25, -0.2) is 20.0 Å². The van der Waals surface area contributed by atoms with E-state index in [1.54, 1.807) is 24.8 Å². The molecule has 0 bridgehead atoms. The van der Waals surface area contributed by atoms with Crippen LogP contribution in [0.15, 0.2) is 40.6 Å². The average Bonchev–Trinajstić information content (AvgIpc) is 2.47. The van der Waals surface area contributed by atoms with Crippen LogP contribution < -0.4 is 4.90 Å². The van der Waals surface area contributed by atoms with Gasteiger partial charge >= 0.3 is 0 Å². The van der Waals surface area contributed by atoms with Crippen molar-refractivity contribution in [3.05, 3.63) is 51.9 Å². The molecule has 5 nitrogen and oxygen atoms in total. The van der Waals surface area contributed by atoms with Crippen LogP contribution in [-0.2, 0) is 0 Å². The van der Waals surface area contributed by atoms with Gasteiger partial charge in [0.15, 0.2) is 5.84 Å². The lowest BCUT2D eigenvalue weighted by molar-refractivity contribution is 0.968. The van der Waals surface area contributed by atoms with Crippen molar-refractivity contribution in [2.45, 2.75) is 6.92 Å². The van der Waals surface area contributed by atoms with Crippen LogP contribution >= 0.6 is 23.2 Å². The fraction of sp³-hybridized carbons (Fsp3) is 0.143. The number of amidine groups is 1. The second-order valence-corrected chi connectivity index (χ2v) is 5.32. The quantitative estimate of drug-likeness (QED) is 0.798. The Hall–Kier alpha value is -1.98. The van der Waals surface area contributed by atoms with Crippen molar-refractivity contribution in [3.63, 3.8) is 0 Å². The van der Waals surface area contributed by atoms with Crippen LogP contribution in [0.1, 0.15) is 11.1 Å². The predicted octanol–water partition coefficient (Wildman–Crippen LogP) is 3.34. The number of hydrogen-bond acceptors (Lipinski definition) is 5. The molecule has 0 fully saturated rings. The molecular formula is C14H11Cl2N5. The van der Waals surface area contributed by atoms with Gasteiger partial charge in [0.2, 0.25) is 0 Å². The highest BCUT2D eigenvalue weighted by molar-refractivity contribution is 6.30. The van der Waals surface area contributed by atoms with Crippen LogP contribution in [0, 0.1) is 6.92 Å². The molecule has 0 aliphatic carbocycles.